The fourth-order valence-corrected chi connectivity index (χ4v) is 2.08. The number of amidine groups is 1. The summed E-state index contributed by atoms with van der Waals surface area (Å²) < 4.78 is 18.6. The summed E-state index contributed by atoms with van der Waals surface area (Å²) >= 11 is 0. The molecule has 0 aromatic heterocycles. The van der Waals surface area contributed by atoms with Gasteiger partial charge in [-0.25, -0.2) is 4.39 Å². The van der Waals surface area contributed by atoms with E-state index < -0.39 is 0 Å². The molecule has 0 amide bonds. The second-order valence-corrected chi connectivity index (χ2v) is 4.48. The summed E-state index contributed by atoms with van der Waals surface area (Å²) in [5, 5.41) is 7.22. The first kappa shape index (κ1) is 12.8. The summed E-state index contributed by atoms with van der Waals surface area (Å²) in [6.45, 7) is 3.81. The third kappa shape index (κ3) is 2.79. The Labute approximate surface area is 106 Å². The van der Waals surface area contributed by atoms with E-state index in [1.165, 1.54) is 11.6 Å². The average Bonchev–Trinajstić information content (AvgIpc) is 2.71. The van der Waals surface area contributed by atoms with E-state index in [0.29, 0.717) is 13.2 Å². The number of anilines is 1. The molecule has 4 nitrogen and oxygen atoms in total. The molecule has 0 radical (unpaired) electrons. The third-order valence-corrected chi connectivity index (χ3v) is 3.21. The maximum absolute atomic E-state index is 13.2. The lowest BCUT2D eigenvalue weighted by molar-refractivity contribution is 0.114. The van der Waals surface area contributed by atoms with E-state index in [9.17, 15) is 4.39 Å². The summed E-state index contributed by atoms with van der Waals surface area (Å²) in [7, 11) is 0. The Morgan fingerprint density at radius 3 is 3.11 bits per heavy atom. The van der Waals surface area contributed by atoms with Gasteiger partial charge in [0.2, 0.25) is 0 Å². The second-order valence-electron chi connectivity index (χ2n) is 4.48. The smallest absolute Gasteiger partial charge is 0.125 e. The highest BCUT2D eigenvalue weighted by atomic mass is 19.1. The van der Waals surface area contributed by atoms with Gasteiger partial charge in [-0.05, 0) is 31.0 Å². The molecule has 1 aromatic carbocycles. The number of nitrogens with two attached hydrogens (primary N) is 1. The molecule has 0 fully saturated rings. The van der Waals surface area contributed by atoms with E-state index in [1.807, 2.05) is 6.07 Å². The van der Waals surface area contributed by atoms with Gasteiger partial charge in [-0.15, -0.1) is 0 Å². The van der Waals surface area contributed by atoms with Crippen LogP contribution in [-0.4, -0.2) is 31.6 Å². The number of ether oxygens (including phenoxy) is 1. The molecule has 1 unspecified atom stereocenters. The zero-order valence-electron chi connectivity index (χ0n) is 10.4. The van der Waals surface area contributed by atoms with Crippen molar-refractivity contribution in [1.29, 1.82) is 5.41 Å². The molecular formula is C13H18FN3O. The van der Waals surface area contributed by atoms with E-state index in [2.05, 4.69) is 4.90 Å². The predicted molar refractivity (Wildman–Crippen MR) is 69.6 cm³/mol. The molecule has 0 aliphatic carbocycles. The number of nitrogens with zero attached hydrogens (tertiary/aromatic N) is 1. The van der Waals surface area contributed by atoms with Gasteiger partial charge in [-0.3, -0.25) is 5.41 Å². The molecule has 0 saturated carbocycles. The van der Waals surface area contributed by atoms with Crippen LogP contribution in [0.2, 0.25) is 0 Å². The molecule has 98 valence electrons. The first-order valence-electron chi connectivity index (χ1n) is 6.07. The van der Waals surface area contributed by atoms with Crippen molar-refractivity contribution in [2.75, 3.05) is 24.6 Å². The zero-order valence-corrected chi connectivity index (χ0v) is 10.4. The number of fused-ring (bicyclic) bond motifs is 1. The molecule has 0 spiro atoms. The van der Waals surface area contributed by atoms with Gasteiger partial charge in [-0.2, -0.15) is 0 Å². The number of rotatable bonds is 5. The minimum atomic E-state index is -0.361. The van der Waals surface area contributed by atoms with E-state index in [1.54, 1.807) is 13.0 Å². The van der Waals surface area contributed by atoms with Crippen LogP contribution in [0.4, 0.5) is 10.1 Å². The normalized spacial score (nSPS) is 15.6. The Kier molecular flexibility index (Phi) is 3.81. The van der Waals surface area contributed by atoms with Crippen molar-refractivity contribution < 1.29 is 9.13 Å². The van der Waals surface area contributed by atoms with Crippen LogP contribution in [0.25, 0.3) is 0 Å². The first-order valence-corrected chi connectivity index (χ1v) is 6.07. The van der Waals surface area contributed by atoms with Crippen molar-refractivity contribution in [3.8, 4) is 0 Å². The third-order valence-electron chi connectivity index (χ3n) is 3.21. The first-order chi connectivity index (χ1) is 8.58. The van der Waals surface area contributed by atoms with Crippen LogP contribution in [0.5, 0.6) is 0 Å². The highest BCUT2D eigenvalue weighted by molar-refractivity contribution is 5.81. The van der Waals surface area contributed by atoms with Crippen LogP contribution >= 0.6 is 0 Å². The van der Waals surface area contributed by atoms with Crippen molar-refractivity contribution in [2.45, 2.75) is 19.4 Å². The van der Waals surface area contributed by atoms with Crippen molar-refractivity contribution in [3.05, 3.63) is 29.6 Å². The molecule has 1 aliphatic rings. The van der Waals surface area contributed by atoms with Gasteiger partial charge in [0.25, 0.3) is 0 Å². The lowest BCUT2D eigenvalue weighted by Crippen LogP contribution is -2.32. The molecule has 5 heteroatoms. The van der Waals surface area contributed by atoms with Gasteiger partial charge in [0.05, 0.1) is 6.61 Å². The highest BCUT2D eigenvalue weighted by Crippen LogP contribution is 2.28. The minimum Gasteiger partial charge on any atom is -0.385 e. The molecular weight excluding hydrogens is 233 g/mol. The van der Waals surface area contributed by atoms with Crippen LogP contribution in [0.15, 0.2) is 18.2 Å². The van der Waals surface area contributed by atoms with E-state index >= 15 is 0 Å². The fraction of sp³-hybridized carbons (Fsp3) is 0.462. The van der Waals surface area contributed by atoms with Crippen LogP contribution in [-0.2, 0) is 11.2 Å². The van der Waals surface area contributed by atoms with Gasteiger partial charge < -0.3 is 15.4 Å². The minimum absolute atomic E-state index is 0.0304. The number of hydrogen-bond acceptors (Lipinski definition) is 3. The lowest BCUT2D eigenvalue weighted by atomic mass is 10.2. The van der Waals surface area contributed by atoms with Crippen molar-refractivity contribution in [3.63, 3.8) is 0 Å². The molecule has 1 aliphatic heterocycles. The van der Waals surface area contributed by atoms with Gasteiger partial charge in [-0.1, -0.05) is 6.07 Å². The largest absolute Gasteiger partial charge is 0.385 e. The summed E-state index contributed by atoms with van der Waals surface area (Å²) in [4.78, 5) is 2.10. The summed E-state index contributed by atoms with van der Waals surface area (Å²) in [5.74, 6) is -0.179. The zero-order chi connectivity index (χ0) is 13.1. The van der Waals surface area contributed by atoms with Crippen LogP contribution in [0, 0.1) is 11.2 Å². The van der Waals surface area contributed by atoms with Crippen LogP contribution in [0.3, 0.4) is 0 Å². The molecule has 1 heterocycles. The van der Waals surface area contributed by atoms with E-state index in [4.69, 9.17) is 15.9 Å². The van der Waals surface area contributed by atoms with Gasteiger partial charge in [0.1, 0.15) is 17.8 Å². The predicted octanol–water partition coefficient (Wildman–Crippen LogP) is 1.53. The van der Waals surface area contributed by atoms with Crippen LogP contribution in [0.1, 0.15) is 12.5 Å². The topological polar surface area (TPSA) is 62.3 Å². The maximum atomic E-state index is 13.2. The molecule has 3 N–H and O–H groups in total. The van der Waals surface area contributed by atoms with E-state index in [-0.39, 0.29) is 17.8 Å². The Hall–Kier alpha value is -1.62. The Balaban J connectivity index is 1.90. The lowest BCUT2D eigenvalue weighted by Gasteiger charge is -2.20. The van der Waals surface area contributed by atoms with E-state index in [0.717, 1.165) is 18.7 Å². The number of nitrogens with one attached hydrogen (secondary N) is 1. The second kappa shape index (κ2) is 5.35. The highest BCUT2D eigenvalue weighted by Gasteiger charge is 2.19. The molecule has 0 bridgehead atoms. The Morgan fingerprint density at radius 1 is 1.61 bits per heavy atom. The monoisotopic (exact) mass is 251 g/mol. The Bertz CT molecular complexity index is 450. The fourth-order valence-electron chi connectivity index (χ4n) is 2.08. The number of benzene rings is 1. The molecule has 1 atom stereocenters. The van der Waals surface area contributed by atoms with Gasteiger partial charge in [0, 0.05) is 18.8 Å². The average molecular weight is 251 g/mol. The number of hydrogen-bond donors (Lipinski definition) is 2. The summed E-state index contributed by atoms with van der Waals surface area (Å²) in [5.41, 5.74) is 7.45. The van der Waals surface area contributed by atoms with Gasteiger partial charge in [0.15, 0.2) is 0 Å². The van der Waals surface area contributed by atoms with Crippen molar-refractivity contribution in [2.24, 2.45) is 5.73 Å². The summed E-state index contributed by atoms with van der Waals surface area (Å²) in [6, 6.07) is 4.90. The molecule has 1 aromatic rings. The quantitative estimate of drug-likeness (QED) is 0.616. The van der Waals surface area contributed by atoms with Crippen LogP contribution < -0.4 is 10.6 Å². The standard InChI is InChI=1S/C13H18FN3O/c1-9(13(15)16)18-7-6-17-5-4-10-2-3-11(14)8-12(10)17/h2-3,8-9H,4-7H2,1H3,(H3,15,16). The number of halogens is 1. The maximum Gasteiger partial charge on any atom is 0.125 e. The summed E-state index contributed by atoms with van der Waals surface area (Å²) in [6.07, 6.45) is 0.581. The molecule has 18 heavy (non-hydrogen) atoms. The molecule has 2 rings (SSSR count). The van der Waals surface area contributed by atoms with Crippen molar-refractivity contribution in [1.82, 2.24) is 0 Å². The van der Waals surface area contributed by atoms with Gasteiger partial charge >= 0.3 is 0 Å². The molecule has 0 saturated heterocycles. The van der Waals surface area contributed by atoms with Crippen molar-refractivity contribution >= 4 is 11.5 Å². The Morgan fingerprint density at radius 2 is 2.39 bits per heavy atom. The SMILES string of the molecule is CC(OCCN1CCc2ccc(F)cc21)C(=N)N.